The van der Waals surface area contributed by atoms with E-state index in [2.05, 4.69) is 20.0 Å². The molecule has 0 bridgehead atoms. The van der Waals surface area contributed by atoms with Crippen LogP contribution in [0.4, 0.5) is 5.82 Å². The van der Waals surface area contributed by atoms with Crippen molar-refractivity contribution in [2.45, 2.75) is 18.4 Å². The first kappa shape index (κ1) is 14.4. The van der Waals surface area contributed by atoms with Crippen LogP contribution in [-0.2, 0) is 16.6 Å². The highest BCUT2D eigenvalue weighted by atomic mass is 32.2. The van der Waals surface area contributed by atoms with Gasteiger partial charge in [-0.3, -0.25) is 4.98 Å². The molecule has 0 aliphatic carbocycles. The molecule has 2 N–H and O–H groups in total. The van der Waals surface area contributed by atoms with Crippen LogP contribution in [0, 0.1) is 6.92 Å². The van der Waals surface area contributed by atoms with E-state index in [0.29, 0.717) is 5.82 Å². The molecule has 106 valence electrons. The van der Waals surface area contributed by atoms with Gasteiger partial charge in [-0.2, -0.15) is 0 Å². The number of nitrogens with one attached hydrogen (secondary N) is 2. The van der Waals surface area contributed by atoms with E-state index < -0.39 is 10.0 Å². The van der Waals surface area contributed by atoms with Crippen molar-refractivity contribution in [1.82, 2.24) is 14.7 Å². The van der Waals surface area contributed by atoms with Gasteiger partial charge in [0.1, 0.15) is 5.82 Å². The Kier molecular flexibility index (Phi) is 4.31. The molecule has 0 atom stereocenters. The molecule has 0 saturated heterocycles. The normalized spacial score (nSPS) is 11.3. The van der Waals surface area contributed by atoms with Crippen LogP contribution in [0.25, 0.3) is 0 Å². The third-order valence-electron chi connectivity index (χ3n) is 2.89. The van der Waals surface area contributed by atoms with Crippen LogP contribution in [0.1, 0.15) is 11.1 Å². The fourth-order valence-electron chi connectivity index (χ4n) is 1.67. The molecule has 20 heavy (non-hydrogen) atoms. The van der Waals surface area contributed by atoms with Crippen LogP contribution in [0.3, 0.4) is 0 Å². The average molecular weight is 292 g/mol. The first-order valence-corrected chi connectivity index (χ1v) is 7.54. The van der Waals surface area contributed by atoms with Crippen LogP contribution >= 0.6 is 0 Å². The number of hydrogen-bond acceptors (Lipinski definition) is 5. The summed E-state index contributed by atoms with van der Waals surface area (Å²) in [5, 5.41) is 2.81. The summed E-state index contributed by atoms with van der Waals surface area (Å²) in [4.78, 5) is 8.15. The number of anilines is 1. The first-order chi connectivity index (χ1) is 9.53. The van der Waals surface area contributed by atoms with Crippen molar-refractivity contribution >= 4 is 15.8 Å². The van der Waals surface area contributed by atoms with Crippen LogP contribution in [-0.4, -0.2) is 25.4 Å². The summed E-state index contributed by atoms with van der Waals surface area (Å²) < 4.78 is 27.0. The minimum Gasteiger partial charge on any atom is -0.373 e. The summed E-state index contributed by atoms with van der Waals surface area (Å²) in [5.41, 5.74) is 1.84. The van der Waals surface area contributed by atoms with Crippen molar-refractivity contribution in [3.05, 3.63) is 47.9 Å². The Bertz CT molecular complexity index is 701. The molecule has 7 heteroatoms. The van der Waals surface area contributed by atoms with Gasteiger partial charge in [0.15, 0.2) is 0 Å². The van der Waals surface area contributed by atoms with E-state index in [1.54, 1.807) is 25.5 Å². The summed E-state index contributed by atoms with van der Waals surface area (Å²) in [6.45, 7) is 2.12. The maximum absolute atomic E-state index is 12.2. The minimum absolute atomic E-state index is 0.184. The molecule has 2 aromatic heterocycles. The smallest absolute Gasteiger partial charge is 0.241 e. The third kappa shape index (κ3) is 3.31. The number of aromatic nitrogens is 2. The maximum atomic E-state index is 12.2. The van der Waals surface area contributed by atoms with Crippen molar-refractivity contribution in [1.29, 1.82) is 0 Å². The van der Waals surface area contributed by atoms with E-state index in [4.69, 9.17) is 0 Å². The van der Waals surface area contributed by atoms with Gasteiger partial charge in [-0.1, -0.05) is 0 Å². The zero-order valence-corrected chi connectivity index (χ0v) is 12.1. The molecule has 0 aromatic carbocycles. The Morgan fingerprint density at radius 1 is 1.25 bits per heavy atom. The molecular formula is C13H16N4O2S. The van der Waals surface area contributed by atoms with Crippen LogP contribution in [0.2, 0.25) is 0 Å². The van der Waals surface area contributed by atoms with Crippen molar-refractivity contribution in [3.63, 3.8) is 0 Å². The number of sulfonamides is 1. The molecule has 0 spiro atoms. The second-order valence-corrected chi connectivity index (χ2v) is 6.02. The maximum Gasteiger partial charge on any atom is 0.241 e. The fourth-order valence-corrected chi connectivity index (χ4v) is 2.69. The molecule has 0 fully saturated rings. The summed E-state index contributed by atoms with van der Waals surface area (Å²) in [6.07, 6.45) is 4.80. The quantitative estimate of drug-likeness (QED) is 0.868. The predicted octanol–water partition coefficient (Wildman–Crippen LogP) is 1.31. The Morgan fingerprint density at radius 2 is 2.05 bits per heavy atom. The summed E-state index contributed by atoms with van der Waals surface area (Å²) in [5.74, 6) is 0.507. The van der Waals surface area contributed by atoms with E-state index in [1.165, 1.54) is 18.3 Å². The lowest BCUT2D eigenvalue weighted by atomic mass is 10.2. The molecule has 0 aliphatic heterocycles. The van der Waals surface area contributed by atoms with Gasteiger partial charge in [0.05, 0.1) is 4.90 Å². The van der Waals surface area contributed by atoms with Gasteiger partial charge in [0.2, 0.25) is 10.0 Å². The molecule has 0 unspecified atom stereocenters. The van der Waals surface area contributed by atoms with Crippen LogP contribution < -0.4 is 10.0 Å². The van der Waals surface area contributed by atoms with Crippen molar-refractivity contribution in [3.8, 4) is 0 Å². The van der Waals surface area contributed by atoms with E-state index >= 15 is 0 Å². The SMILES string of the molecule is CNc1cc(S(=O)(=O)NCc2ccncc2C)ccn1. The van der Waals surface area contributed by atoms with E-state index in [1.807, 2.05) is 6.92 Å². The highest BCUT2D eigenvalue weighted by Gasteiger charge is 2.14. The number of pyridine rings is 2. The van der Waals surface area contributed by atoms with Gasteiger partial charge in [-0.15, -0.1) is 0 Å². The molecule has 0 saturated carbocycles. The molecular weight excluding hydrogens is 276 g/mol. The second-order valence-electron chi connectivity index (χ2n) is 4.25. The van der Waals surface area contributed by atoms with E-state index in [0.717, 1.165) is 11.1 Å². The highest BCUT2D eigenvalue weighted by molar-refractivity contribution is 7.89. The lowest BCUT2D eigenvalue weighted by Crippen LogP contribution is -2.23. The largest absolute Gasteiger partial charge is 0.373 e. The Labute approximate surface area is 118 Å². The number of nitrogens with zero attached hydrogens (tertiary/aromatic N) is 2. The average Bonchev–Trinajstić information content (AvgIpc) is 2.46. The van der Waals surface area contributed by atoms with Crippen molar-refractivity contribution in [2.75, 3.05) is 12.4 Å². The van der Waals surface area contributed by atoms with Crippen LogP contribution in [0.5, 0.6) is 0 Å². The molecule has 0 aliphatic rings. The van der Waals surface area contributed by atoms with Gasteiger partial charge in [-0.05, 0) is 30.2 Å². The third-order valence-corrected chi connectivity index (χ3v) is 4.29. The fraction of sp³-hybridized carbons (Fsp3) is 0.231. The van der Waals surface area contributed by atoms with Gasteiger partial charge >= 0.3 is 0 Å². The summed E-state index contributed by atoms with van der Waals surface area (Å²) in [7, 11) is -1.87. The molecule has 2 aromatic rings. The predicted molar refractivity (Wildman–Crippen MR) is 76.8 cm³/mol. The molecule has 2 rings (SSSR count). The Hall–Kier alpha value is -1.99. The topological polar surface area (TPSA) is 84.0 Å². The van der Waals surface area contributed by atoms with Gasteiger partial charge in [0, 0.05) is 38.2 Å². The van der Waals surface area contributed by atoms with E-state index in [9.17, 15) is 8.42 Å². The minimum atomic E-state index is -3.56. The van der Waals surface area contributed by atoms with Gasteiger partial charge < -0.3 is 5.32 Å². The summed E-state index contributed by atoms with van der Waals surface area (Å²) in [6, 6.07) is 4.74. The first-order valence-electron chi connectivity index (χ1n) is 6.06. The lowest BCUT2D eigenvalue weighted by molar-refractivity contribution is 0.581. The standard InChI is InChI=1S/C13H16N4O2S/c1-10-8-15-5-3-11(10)9-17-20(18,19)12-4-6-16-13(7-12)14-2/h3-8,17H,9H2,1-2H3,(H,14,16). The molecule has 6 nitrogen and oxygen atoms in total. The molecule has 2 heterocycles. The van der Waals surface area contributed by atoms with Gasteiger partial charge in [-0.25, -0.2) is 18.1 Å². The zero-order valence-electron chi connectivity index (χ0n) is 11.3. The monoisotopic (exact) mass is 292 g/mol. The van der Waals surface area contributed by atoms with Gasteiger partial charge in [0.25, 0.3) is 0 Å². The number of rotatable bonds is 5. The number of hydrogen-bond donors (Lipinski definition) is 2. The molecule has 0 radical (unpaired) electrons. The second kappa shape index (κ2) is 5.98. The lowest BCUT2D eigenvalue weighted by Gasteiger charge is -2.09. The highest BCUT2D eigenvalue weighted by Crippen LogP contribution is 2.13. The van der Waals surface area contributed by atoms with Crippen LogP contribution in [0.15, 0.2) is 41.7 Å². The van der Waals surface area contributed by atoms with Crippen molar-refractivity contribution in [2.24, 2.45) is 0 Å². The summed E-state index contributed by atoms with van der Waals surface area (Å²) >= 11 is 0. The number of aryl methyl sites for hydroxylation is 1. The van der Waals surface area contributed by atoms with E-state index in [-0.39, 0.29) is 11.4 Å². The van der Waals surface area contributed by atoms with Crippen molar-refractivity contribution < 1.29 is 8.42 Å². The molecule has 0 amide bonds. The Morgan fingerprint density at radius 3 is 2.75 bits per heavy atom. The Balaban J connectivity index is 2.17. The zero-order chi connectivity index (χ0) is 14.6.